The highest BCUT2D eigenvalue weighted by atomic mass is 35.5. The van der Waals surface area contributed by atoms with Crippen molar-refractivity contribution in [3.63, 3.8) is 0 Å². The molecule has 2 heterocycles. The van der Waals surface area contributed by atoms with Gasteiger partial charge in [-0.3, -0.25) is 19.2 Å². The van der Waals surface area contributed by atoms with Crippen LogP contribution < -0.4 is 5.73 Å². The molecule has 0 aliphatic heterocycles. The second kappa shape index (κ2) is 25.6. The number of nitrogen functional groups attached to an aromatic ring is 1. The van der Waals surface area contributed by atoms with Crippen LogP contribution in [0.4, 0.5) is 5.69 Å². The van der Waals surface area contributed by atoms with Crippen molar-refractivity contribution in [2.24, 2.45) is 23.7 Å². The Morgan fingerprint density at radius 3 is 1.41 bits per heavy atom. The Balaban J connectivity index is 0.000000213. The van der Waals surface area contributed by atoms with Gasteiger partial charge in [0.2, 0.25) is 0 Å². The largest absolute Gasteiger partial charge is 0.481 e. The molecule has 4 fully saturated rings. The molecule has 2 aromatic heterocycles. The number of ketones is 1. The number of hydrogen-bond donors (Lipinski definition) is 2. The van der Waals surface area contributed by atoms with E-state index in [0.29, 0.717) is 56.9 Å². The fraction of sp³-hybridized carbons (Fsp3) is 0.639. The molecule has 75 heavy (non-hydrogen) atoms. The van der Waals surface area contributed by atoms with Gasteiger partial charge in [0, 0.05) is 52.7 Å². The number of nitrogens with zero attached hydrogens (tertiary/aromatic N) is 2. The number of esters is 2. The van der Waals surface area contributed by atoms with Crippen molar-refractivity contribution in [3.05, 3.63) is 97.2 Å². The Bertz CT molecular complexity index is 2580. The number of anilines is 1. The maximum absolute atomic E-state index is 13.3. The van der Waals surface area contributed by atoms with Crippen LogP contribution in [0.1, 0.15) is 245 Å². The summed E-state index contributed by atoms with van der Waals surface area (Å²) in [7, 11) is 0. The van der Waals surface area contributed by atoms with Gasteiger partial charge in [-0.2, -0.15) is 0 Å². The minimum Gasteiger partial charge on any atom is -0.481 e. The number of carboxylic acids is 1. The van der Waals surface area contributed by atoms with Crippen LogP contribution >= 0.6 is 23.2 Å². The minimum absolute atomic E-state index is 0.00983. The maximum Gasteiger partial charge on any atom is 0.307 e. The zero-order valence-electron chi connectivity index (χ0n) is 46.8. The van der Waals surface area contributed by atoms with Crippen LogP contribution in [-0.2, 0) is 35.1 Å². The van der Waals surface area contributed by atoms with E-state index in [1.807, 2.05) is 85.7 Å². The predicted octanol–water partition coefficient (Wildman–Crippen LogP) is 15.7. The third kappa shape index (κ3) is 18.2. The second-order valence-electron chi connectivity index (χ2n) is 25.2. The average Bonchev–Trinajstić information content (AvgIpc) is 4.19. The van der Waals surface area contributed by atoms with E-state index in [4.69, 9.17) is 47.5 Å². The van der Waals surface area contributed by atoms with Gasteiger partial charge in [-0.25, -0.2) is 0 Å². The van der Waals surface area contributed by atoms with Crippen molar-refractivity contribution in [1.82, 2.24) is 10.3 Å². The number of aromatic nitrogens is 2. The summed E-state index contributed by atoms with van der Waals surface area (Å²) in [5.41, 5.74) is 11.6. The van der Waals surface area contributed by atoms with Crippen molar-refractivity contribution in [1.29, 1.82) is 0 Å². The Morgan fingerprint density at radius 2 is 1.05 bits per heavy atom. The molecular weight excluding hydrogens is 990 g/mol. The van der Waals surface area contributed by atoms with Gasteiger partial charge in [0.05, 0.1) is 41.4 Å². The molecule has 4 aliphatic carbocycles. The lowest BCUT2D eigenvalue weighted by atomic mass is 9.69. The van der Waals surface area contributed by atoms with Crippen LogP contribution in [0.25, 0.3) is 0 Å². The summed E-state index contributed by atoms with van der Waals surface area (Å²) in [6.07, 6.45) is 11.7. The van der Waals surface area contributed by atoms with E-state index in [0.717, 1.165) is 103 Å². The highest BCUT2D eigenvalue weighted by molar-refractivity contribution is 6.33. The number of Topliss-reactive ketones (excluding diaryl/α,β-unsaturated/α-hetero) is 1. The van der Waals surface area contributed by atoms with E-state index in [1.54, 1.807) is 6.07 Å². The number of rotatable bonds is 20. The number of aryl methyl sites for hydroxylation is 2. The third-order valence-corrected chi connectivity index (χ3v) is 15.1. The molecule has 4 saturated carbocycles. The Labute approximate surface area is 456 Å². The lowest BCUT2D eigenvalue weighted by Gasteiger charge is -2.35. The summed E-state index contributed by atoms with van der Waals surface area (Å²) in [6, 6.07) is 11.3. The molecule has 3 N–H and O–H groups in total. The summed E-state index contributed by atoms with van der Waals surface area (Å²) in [4.78, 5) is 50.1. The van der Waals surface area contributed by atoms with E-state index in [-0.39, 0.29) is 49.8 Å². The Hall–Kier alpha value is -4.68. The Kier molecular flexibility index (Phi) is 20.4. The first-order valence-electron chi connectivity index (χ1n) is 27.5. The SMILES string of the molecule is CC(C)CC1CC(c2onc(C(CC(=O)O)CC(=O)OC(C)(C)C)c2C2CC2)C1.Cc1ccc(CC(=O)CC(CC(=O)OC(C)(C)C)c2noc(C3CC(CC(C)C)C3)c2C2CC2)c(Cl)c1.Cc1ccc(N)c(Cl)c1. The lowest BCUT2D eigenvalue weighted by molar-refractivity contribution is -0.156. The molecule has 0 spiro atoms. The van der Waals surface area contributed by atoms with Crippen molar-refractivity contribution in [3.8, 4) is 0 Å². The van der Waals surface area contributed by atoms with Crippen LogP contribution in [-0.4, -0.2) is 50.3 Å². The second-order valence-corrected chi connectivity index (χ2v) is 26.0. The van der Waals surface area contributed by atoms with Gasteiger partial charge in [-0.15, -0.1) is 0 Å². The average molecular weight is 1080 g/mol. The van der Waals surface area contributed by atoms with E-state index in [2.05, 4.69) is 38.0 Å². The van der Waals surface area contributed by atoms with E-state index in [1.165, 1.54) is 18.4 Å². The molecule has 0 amide bonds. The molecule has 12 nitrogen and oxygen atoms in total. The summed E-state index contributed by atoms with van der Waals surface area (Å²) in [6.45, 7) is 24.0. The number of ether oxygens (including phenoxy) is 2. The van der Waals surface area contributed by atoms with Gasteiger partial charge >= 0.3 is 17.9 Å². The highest BCUT2D eigenvalue weighted by Crippen LogP contribution is 2.54. The van der Waals surface area contributed by atoms with Gasteiger partial charge < -0.3 is 29.4 Å². The first-order chi connectivity index (χ1) is 35.1. The van der Waals surface area contributed by atoms with Crippen LogP contribution in [0.15, 0.2) is 45.4 Å². The number of aliphatic carboxylic acids is 1. The van der Waals surface area contributed by atoms with E-state index in [9.17, 15) is 24.3 Å². The van der Waals surface area contributed by atoms with Crippen molar-refractivity contribution < 1.29 is 42.8 Å². The monoisotopic (exact) mass is 1070 g/mol. The van der Waals surface area contributed by atoms with Gasteiger partial charge in [0.1, 0.15) is 28.5 Å². The van der Waals surface area contributed by atoms with E-state index < -0.39 is 29.1 Å². The molecule has 4 aromatic rings. The van der Waals surface area contributed by atoms with Crippen molar-refractivity contribution >= 4 is 52.6 Å². The molecule has 0 bridgehead atoms. The molecule has 0 radical (unpaired) electrons. The minimum atomic E-state index is -0.939. The van der Waals surface area contributed by atoms with Crippen LogP contribution in [0.2, 0.25) is 10.0 Å². The first-order valence-corrected chi connectivity index (χ1v) is 28.3. The normalized spacial score (nSPS) is 20.2. The predicted molar refractivity (Wildman–Crippen MR) is 296 cm³/mol. The zero-order valence-corrected chi connectivity index (χ0v) is 48.3. The number of carbonyl (C=O) groups excluding carboxylic acids is 3. The fourth-order valence-electron chi connectivity index (χ4n) is 10.9. The summed E-state index contributed by atoms with van der Waals surface area (Å²) >= 11 is 12.1. The zero-order chi connectivity index (χ0) is 55.1. The highest BCUT2D eigenvalue weighted by Gasteiger charge is 2.44. The fourth-order valence-corrected chi connectivity index (χ4v) is 11.4. The van der Waals surface area contributed by atoms with Crippen LogP contribution in [0.5, 0.6) is 0 Å². The van der Waals surface area contributed by atoms with Gasteiger partial charge in [-0.05, 0) is 190 Å². The molecule has 2 atom stereocenters. The van der Waals surface area contributed by atoms with Gasteiger partial charge in [0.15, 0.2) is 0 Å². The molecule has 2 unspecified atom stereocenters. The number of benzene rings is 2. The molecule has 8 rings (SSSR count). The number of halogens is 2. The Morgan fingerprint density at radius 1 is 0.640 bits per heavy atom. The summed E-state index contributed by atoms with van der Waals surface area (Å²) in [5, 5.41) is 19.5. The van der Waals surface area contributed by atoms with Crippen molar-refractivity contribution in [2.45, 2.75) is 226 Å². The molecular formula is C61H85Cl2N3O9. The number of hydrogen-bond acceptors (Lipinski definition) is 11. The number of carboxylic acid groups (broad SMARTS) is 1. The standard InChI is InChI=1S/C31H42ClNO4.C23H35NO5.C7H8ClN/c1-18(2)11-20-13-24(14-20)30-28(21-9-10-21)29(33-37-30)23(17-27(35)36-31(4,5)6)16-25(34)15-22-8-7-19(3)12-26(22)32;1-13(2)8-14-9-17(10-14)22-20(15-6-7-15)21(24-29-22)16(11-18(25)26)12-19(27)28-23(3,4)5;1-5-2-3-7(9)6(8)4-5/h7-8,12,18,20-21,23-24H,9-11,13-17H2,1-6H3;13-17H,6-12H2,1-5H3,(H,25,26);2-4H,9H2,1H3. The quantitative estimate of drug-likeness (QED) is 0.0631. The number of nitrogens with two attached hydrogens (primary N) is 1. The van der Waals surface area contributed by atoms with Crippen molar-refractivity contribution in [2.75, 3.05) is 5.73 Å². The maximum atomic E-state index is 13.3. The van der Waals surface area contributed by atoms with Crippen LogP contribution in [0.3, 0.4) is 0 Å². The molecule has 2 aromatic carbocycles. The molecule has 14 heteroatoms. The third-order valence-electron chi connectivity index (χ3n) is 14.4. The van der Waals surface area contributed by atoms with Crippen LogP contribution in [0, 0.1) is 37.5 Å². The number of carbonyl (C=O) groups is 4. The smallest absolute Gasteiger partial charge is 0.307 e. The molecule has 0 saturated heterocycles. The topological polar surface area (TPSA) is 185 Å². The van der Waals surface area contributed by atoms with Gasteiger partial charge in [0.25, 0.3) is 0 Å². The van der Waals surface area contributed by atoms with Gasteiger partial charge in [-0.1, -0.05) is 79.4 Å². The summed E-state index contributed by atoms with van der Waals surface area (Å²) < 4.78 is 22.9. The molecule has 412 valence electrons. The lowest BCUT2D eigenvalue weighted by Crippen LogP contribution is -2.26. The molecule has 4 aliphatic rings. The first kappa shape index (κ1) is 59.6. The summed E-state index contributed by atoms with van der Waals surface area (Å²) in [5.74, 6) is 3.91. The van der Waals surface area contributed by atoms with E-state index >= 15 is 0 Å².